The first-order valence-corrected chi connectivity index (χ1v) is 34.6. The average molecular weight is 1360 g/mol. The third-order valence-electron chi connectivity index (χ3n) is 19.7. The minimum atomic E-state index is -1.10. The summed E-state index contributed by atoms with van der Waals surface area (Å²) in [4.78, 5) is 154. The lowest BCUT2D eigenvalue weighted by atomic mass is 9.89. The van der Waals surface area contributed by atoms with Crippen molar-refractivity contribution >= 4 is 71.0 Å². The van der Waals surface area contributed by atoms with Gasteiger partial charge in [-0.15, -0.1) is 0 Å². The van der Waals surface area contributed by atoms with Crippen LogP contribution in [0.3, 0.4) is 0 Å². The quantitative estimate of drug-likeness (QED) is 0.0259. The lowest BCUT2D eigenvalue weighted by Gasteiger charge is -2.41. The van der Waals surface area contributed by atoms with Crippen molar-refractivity contribution in [2.45, 2.75) is 206 Å². The number of amides is 12. The first-order chi connectivity index (χ1) is 46.8. The van der Waals surface area contributed by atoms with Crippen molar-refractivity contribution in [2.75, 3.05) is 46.2 Å². The largest absolute Gasteiger partial charge is 0.445 e. The molecule has 4 heterocycles. The van der Waals surface area contributed by atoms with Crippen LogP contribution in [0.1, 0.15) is 155 Å². The number of ether oxygens (including phenoxy) is 3. The minimum absolute atomic E-state index is 0.0667. The Kier molecular flexibility index (Phi) is 28.7. The van der Waals surface area contributed by atoms with Crippen LogP contribution in [0.5, 0.6) is 0 Å². The molecule has 27 nitrogen and oxygen atoms in total. The summed E-state index contributed by atoms with van der Waals surface area (Å²) in [5.74, 6) is -5.32. The van der Waals surface area contributed by atoms with Crippen LogP contribution in [0.15, 0.2) is 79.0 Å². The number of piperidine rings is 1. The lowest BCUT2D eigenvalue weighted by Crippen LogP contribution is -2.60. The van der Waals surface area contributed by atoms with E-state index in [1.54, 1.807) is 68.3 Å². The Morgan fingerprint density at radius 3 is 2.10 bits per heavy atom. The number of carbonyl (C=O) groups is 11. The number of anilines is 1. The molecule has 1 aliphatic carbocycles. The SMILES string of the molecule is CC[C@H](C)[C@@H]([C@@H](CC(=O)N1CCC[C@H]1C(OC)[C@@H](C)C(=O)N[C@@H](Cc1ccccc1)c1cc[nH]n1)OC)N(C)C(=O)[C@@H](NC(=O)[C@@H]1[C@H]2CC[C@H](C2)N1C(=O)OCc1ccc(NC(=O)[C@H](CCCNC(N)=O)NC(=O)[C@@H](NC(=O)CCCCCN2C(=O)C=CC2=O)C(C)C)cc1)C(C)C. The lowest BCUT2D eigenvalue weighted by molar-refractivity contribution is -0.148. The van der Waals surface area contributed by atoms with Crippen LogP contribution >= 0.6 is 0 Å². The maximum Gasteiger partial charge on any atom is 0.411 e. The molecule has 2 saturated heterocycles. The predicted octanol–water partition coefficient (Wildman–Crippen LogP) is 5.56. The van der Waals surface area contributed by atoms with E-state index >= 15 is 0 Å². The fraction of sp³-hybridized carbons (Fsp3) is 0.606. The van der Waals surface area contributed by atoms with Gasteiger partial charge in [0.15, 0.2) is 0 Å². The van der Waals surface area contributed by atoms with Crippen LogP contribution in [-0.4, -0.2) is 190 Å². The van der Waals surface area contributed by atoms with Gasteiger partial charge in [0.2, 0.25) is 41.4 Å². The molecule has 1 saturated carbocycles. The highest BCUT2D eigenvalue weighted by molar-refractivity contribution is 6.12. The number of aromatic amines is 1. The highest BCUT2D eigenvalue weighted by atomic mass is 16.6. The Hall–Kier alpha value is -8.72. The fourth-order valence-electron chi connectivity index (χ4n) is 14.1. The Balaban J connectivity index is 0.935. The second-order valence-electron chi connectivity index (χ2n) is 27.1. The van der Waals surface area contributed by atoms with E-state index in [9.17, 15) is 52.7 Å². The van der Waals surface area contributed by atoms with E-state index in [1.165, 1.54) is 24.2 Å². The van der Waals surface area contributed by atoms with E-state index in [2.05, 4.69) is 42.1 Å². The normalized spacial score (nSPS) is 20.0. The Bertz CT molecular complexity index is 3220. The summed E-state index contributed by atoms with van der Waals surface area (Å²) in [6.07, 6.45) is 8.40. The van der Waals surface area contributed by atoms with Crippen molar-refractivity contribution in [3.63, 3.8) is 0 Å². The van der Waals surface area contributed by atoms with E-state index in [0.29, 0.717) is 87.7 Å². The molecule has 0 radical (unpaired) electrons. The number of urea groups is 1. The van der Waals surface area contributed by atoms with E-state index in [-0.39, 0.29) is 105 Å². The van der Waals surface area contributed by atoms with Gasteiger partial charge in [0, 0.05) is 77.4 Å². The minimum Gasteiger partial charge on any atom is -0.445 e. The molecular weight excluding hydrogens is 1260 g/mol. The molecule has 12 amide bonds. The molecule has 2 bridgehead atoms. The van der Waals surface area contributed by atoms with Crippen LogP contribution in [0.2, 0.25) is 0 Å². The molecule has 3 fully saturated rings. The van der Waals surface area contributed by atoms with Gasteiger partial charge in [0.05, 0.1) is 48.4 Å². The number of likely N-dealkylation sites (N-methyl/N-ethyl adjacent to an activating group) is 1. The number of fused-ring (bicyclic) bond motifs is 2. The predicted molar refractivity (Wildman–Crippen MR) is 364 cm³/mol. The van der Waals surface area contributed by atoms with Gasteiger partial charge in [-0.05, 0) is 117 Å². The number of carbonyl (C=O) groups excluding carboxylic acids is 11. The maximum absolute atomic E-state index is 15.0. The van der Waals surface area contributed by atoms with Gasteiger partial charge in [-0.2, -0.15) is 5.10 Å². The van der Waals surface area contributed by atoms with Crippen molar-refractivity contribution in [1.29, 1.82) is 0 Å². The van der Waals surface area contributed by atoms with Crippen LogP contribution < -0.4 is 37.6 Å². The van der Waals surface area contributed by atoms with Crippen LogP contribution in [0.25, 0.3) is 0 Å². The Labute approximate surface area is 574 Å². The Morgan fingerprint density at radius 2 is 1.47 bits per heavy atom. The molecule has 13 atom stereocenters. The van der Waals surface area contributed by atoms with Crippen molar-refractivity contribution < 1.29 is 67.0 Å². The van der Waals surface area contributed by atoms with Gasteiger partial charge >= 0.3 is 12.1 Å². The number of primary amides is 1. The number of likely N-dealkylation sites (tertiary alicyclic amines) is 2. The average Bonchev–Trinajstić information content (AvgIpc) is 1.60. The van der Waals surface area contributed by atoms with Crippen molar-refractivity contribution in [3.8, 4) is 0 Å². The zero-order valence-corrected chi connectivity index (χ0v) is 58.4. The number of methoxy groups -OCH3 is 2. The summed E-state index contributed by atoms with van der Waals surface area (Å²) >= 11 is 0. The molecule has 4 aliphatic rings. The number of imide groups is 1. The first-order valence-electron chi connectivity index (χ1n) is 34.6. The van der Waals surface area contributed by atoms with Crippen molar-refractivity contribution in [1.82, 2.24) is 56.4 Å². The van der Waals surface area contributed by atoms with Gasteiger partial charge in [0.1, 0.15) is 30.8 Å². The smallest absolute Gasteiger partial charge is 0.411 e. The topological polar surface area (TPSA) is 355 Å². The summed E-state index contributed by atoms with van der Waals surface area (Å²) < 4.78 is 18.1. The second-order valence-corrected chi connectivity index (χ2v) is 27.1. The number of nitrogens with two attached hydrogens (primary N) is 1. The summed E-state index contributed by atoms with van der Waals surface area (Å²) in [5.41, 5.74) is 7.91. The molecule has 3 aromatic rings. The number of nitrogens with zero attached hydrogens (tertiary/aromatic N) is 5. The highest BCUT2D eigenvalue weighted by Gasteiger charge is 2.53. The number of unbranched alkanes of at least 4 members (excludes halogenated alkanes) is 2. The molecule has 9 N–H and O–H groups in total. The molecule has 1 unspecified atom stereocenters. The number of benzene rings is 2. The monoisotopic (exact) mass is 1360 g/mol. The number of rotatable bonds is 37. The van der Waals surface area contributed by atoms with Crippen LogP contribution in [-0.2, 0) is 70.4 Å². The number of hydrogen-bond acceptors (Lipinski definition) is 15. The zero-order chi connectivity index (χ0) is 71.3. The highest BCUT2D eigenvalue weighted by Crippen LogP contribution is 2.43. The second kappa shape index (κ2) is 36.7. The van der Waals surface area contributed by atoms with Gasteiger partial charge in [0.25, 0.3) is 11.8 Å². The summed E-state index contributed by atoms with van der Waals surface area (Å²) in [6.45, 7) is 13.6. The molecular formula is C71H103N13O14. The van der Waals surface area contributed by atoms with E-state index in [0.717, 1.165) is 10.5 Å². The summed E-state index contributed by atoms with van der Waals surface area (Å²) in [5, 5.41) is 24.3. The van der Waals surface area contributed by atoms with Gasteiger partial charge in [-0.1, -0.05) is 104 Å². The summed E-state index contributed by atoms with van der Waals surface area (Å²) in [6, 6.07) is 11.7. The maximum atomic E-state index is 15.0. The molecule has 1 aromatic heterocycles. The number of aromatic nitrogens is 2. The van der Waals surface area contributed by atoms with Crippen molar-refractivity contribution in [3.05, 3.63) is 95.8 Å². The number of nitrogens with one attached hydrogen (secondary N) is 7. The molecule has 7 rings (SSSR count). The molecule has 3 aliphatic heterocycles. The Morgan fingerprint density at radius 1 is 0.765 bits per heavy atom. The van der Waals surface area contributed by atoms with Crippen LogP contribution in [0.4, 0.5) is 15.3 Å². The van der Waals surface area contributed by atoms with E-state index in [1.807, 2.05) is 71.0 Å². The third kappa shape index (κ3) is 20.4. The molecule has 0 spiro atoms. The molecule has 2 aromatic carbocycles. The number of H-pyrrole nitrogens is 1. The van der Waals surface area contributed by atoms with E-state index in [4.69, 9.17) is 19.9 Å². The molecule has 98 heavy (non-hydrogen) atoms. The molecule has 27 heteroatoms. The van der Waals surface area contributed by atoms with Crippen LogP contribution in [0, 0.1) is 29.6 Å². The van der Waals surface area contributed by atoms with Gasteiger partial charge in [-0.25, -0.2) is 9.59 Å². The standard InChI is InChI=1S/C71H103N13O14/c1-11-44(6)62(55(96-9)40-59(88)82-37-19-23-54(82)64(97-10)45(7)65(89)77-53(51-33-35-74-80-51)38-46-20-14-12-15-21-46)81(8)69(93)61(43(4)5)79-68(92)63-48-27-30-50(39-48)84(63)71(95)98-41-47-25-28-49(29-26-47)75-66(90)52(22-18-34-73-70(72)94)76-67(91)60(42(2)3)78-56(85)24-16-13-17-36-83-57(86)31-32-58(83)87/h12,14-15,20-21,25-26,28-29,31-33,35,42-45,48,50,52-55,60-64H,11,13,16-19,22-24,27,30,34,36-41H2,1-10H3,(H,74,80)(H,75,90)(H,76,91)(H,77,89)(H,78,85)(H,79,92)(H3,72,73,94)/t44-,45+,48-,50+,52-,53-,54-,55+,60-,61-,62-,63-,64?/m0/s1. The fourth-order valence-corrected chi connectivity index (χ4v) is 14.1. The van der Waals surface area contributed by atoms with E-state index < -0.39 is 96.2 Å². The summed E-state index contributed by atoms with van der Waals surface area (Å²) in [7, 11) is 4.75. The molecule has 536 valence electrons. The zero-order valence-electron chi connectivity index (χ0n) is 58.4. The third-order valence-corrected chi connectivity index (χ3v) is 19.7. The van der Waals surface area contributed by atoms with Gasteiger partial charge < -0.3 is 61.6 Å². The van der Waals surface area contributed by atoms with Gasteiger partial charge in [-0.3, -0.25) is 58.0 Å². The number of hydrogen-bond donors (Lipinski definition) is 8. The first kappa shape index (κ1) is 76.6. The van der Waals surface area contributed by atoms with Crippen molar-refractivity contribution in [2.24, 2.45) is 35.3 Å².